The number of fused-ring (bicyclic) bond motifs is 1. The summed E-state index contributed by atoms with van der Waals surface area (Å²) in [5, 5.41) is 2.94. The number of hydrogen-bond donors (Lipinski definition) is 2. The van der Waals surface area contributed by atoms with Gasteiger partial charge in [-0.25, -0.2) is 0 Å². The normalized spacial score (nSPS) is 19.1. The Morgan fingerprint density at radius 1 is 1.45 bits per heavy atom. The lowest BCUT2D eigenvalue weighted by atomic mass is 9.88. The topological polar surface area (TPSA) is 64.3 Å². The zero-order valence-electron chi connectivity index (χ0n) is 12.5. The molecule has 0 bridgehead atoms. The Balaban J connectivity index is 1.88. The van der Waals surface area contributed by atoms with E-state index < -0.39 is 0 Å². The van der Waals surface area contributed by atoms with Gasteiger partial charge in [0.25, 0.3) is 0 Å². The lowest BCUT2D eigenvalue weighted by Crippen LogP contribution is -2.41. The molecule has 3 N–H and O–H groups in total. The van der Waals surface area contributed by atoms with Gasteiger partial charge in [0.2, 0.25) is 5.91 Å². The molecule has 0 saturated heterocycles. The maximum Gasteiger partial charge on any atom is 0.231 e. The Labute approximate surface area is 120 Å². The summed E-state index contributed by atoms with van der Waals surface area (Å²) < 4.78 is 5.53. The highest BCUT2D eigenvalue weighted by molar-refractivity contribution is 5.85. The van der Waals surface area contributed by atoms with Gasteiger partial charge in [-0.05, 0) is 17.9 Å². The fraction of sp³-hybridized carbons (Fsp3) is 0.562. The lowest BCUT2D eigenvalue weighted by molar-refractivity contribution is -0.122. The Kier molecular flexibility index (Phi) is 4.33. The van der Waals surface area contributed by atoms with Crippen LogP contribution >= 0.6 is 0 Å². The molecule has 4 heteroatoms. The van der Waals surface area contributed by atoms with Crippen LogP contribution in [0.5, 0.6) is 5.75 Å². The molecular formula is C16H24N2O2. The van der Waals surface area contributed by atoms with E-state index in [0.29, 0.717) is 13.2 Å². The smallest absolute Gasteiger partial charge is 0.231 e. The molecule has 1 aliphatic rings. The van der Waals surface area contributed by atoms with Crippen LogP contribution in [0.25, 0.3) is 0 Å². The van der Waals surface area contributed by atoms with E-state index in [-0.39, 0.29) is 23.3 Å². The molecule has 0 aromatic heterocycles. The third kappa shape index (κ3) is 3.73. The summed E-state index contributed by atoms with van der Waals surface area (Å²) in [7, 11) is 0. The molecule has 2 atom stereocenters. The second kappa shape index (κ2) is 5.83. The SMILES string of the molecule is CC(C)(C)CC(N)CNC(=O)C1COc2ccccc21. The number of nitrogens with one attached hydrogen (secondary N) is 1. The highest BCUT2D eigenvalue weighted by atomic mass is 16.5. The minimum atomic E-state index is -0.215. The Bertz CT molecular complexity index is 480. The highest BCUT2D eigenvalue weighted by Gasteiger charge is 2.30. The van der Waals surface area contributed by atoms with Gasteiger partial charge in [0, 0.05) is 18.2 Å². The molecule has 1 amide bonds. The van der Waals surface area contributed by atoms with Crippen LogP contribution in [0, 0.1) is 5.41 Å². The Morgan fingerprint density at radius 2 is 2.15 bits per heavy atom. The number of carbonyl (C=O) groups is 1. The second-order valence-electron chi connectivity index (χ2n) is 6.67. The standard InChI is InChI=1S/C16H24N2O2/c1-16(2,3)8-11(17)9-18-15(19)13-10-20-14-7-5-4-6-12(13)14/h4-7,11,13H,8-10,17H2,1-3H3,(H,18,19). The fourth-order valence-corrected chi connectivity index (χ4v) is 2.59. The molecule has 0 aliphatic carbocycles. The first-order chi connectivity index (χ1) is 9.37. The summed E-state index contributed by atoms with van der Waals surface area (Å²) in [6.45, 7) is 7.37. The van der Waals surface area contributed by atoms with Crippen LogP contribution in [0.15, 0.2) is 24.3 Å². The molecule has 110 valence electrons. The number of carbonyl (C=O) groups excluding carboxylic acids is 1. The van der Waals surface area contributed by atoms with Gasteiger partial charge in [-0.3, -0.25) is 4.79 Å². The largest absolute Gasteiger partial charge is 0.492 e. The maximum absolute atomic E-state index is 12.2. The summed E-state index contributed by atoms with van der Waals surface area (Å²) in [6, 6.07) is 7.67. The van der Waals surface area contributed by atoms with Crippen molar-refractivity contribution in [1.82, 2.24) is 5.32 Å². The van der Waals surface area contributed by atoms with E-state index in [1.165, 1.54) is 0 Å². The van der Waals surface area contributed by atoms with Crippen LogP contribution in [0.1, 0.15) is 38.7 Å². The molecule has 1 heterocycles. The number of ether oxygens (including phenoxy) is 1. The van der Waals surface area contributed by atoms with Crippen molar-refractivity contribution in [2.45, 2.75) is 39.2 Å². The van der Waals surface area contributed by atoms with Crippen molar-refractivity contribution in [3.63, 3.8) is 0 Å². The van der Waals surface area contributed by atoms with Crippen molar-refractivity contribution >= 4 is 5.91 Å². The first kappa shape index (κ1) is 14.9. The molecule has 0 saturated carbocycles. The van der Waals surface area contributed by atoms with Crippen LogP contribution < -0.4 is 15.8 Å². The van der Waals surface area contributed by atoms with Crippen molar-refractivity contribution in [2.24, 2.45) is 11.1 Å². The van der Waals surface area contributed by atoms with E-state index in [0.717, 1.165) is 17.7 Å². The van der Waals surface area contributed by atoms with Crippen LogP contribution in [-0.2, 0) is 4.79 Å². The quantitative estimate of drug-likeness (QED) is 0.884. The average molecular weight is 276 g/mol. The zero-order valence-corrected chi connectivity index (χ0v) is 12.5. The molecule has 1 aromatic rings. The Hall–Kier alpha value is -1.55. The van der Waals surface area contributed by atoms with Gasteiger partial charge in [0.1, 0.15) is 18.3 Å². The molecule has 2 unspecified atom stereocenters. The summed E-state index contributed by atoms with van der Waals surface area (Å²) >= 11 is 0. The fourth-order valence-electron chi connectivity index (χ4n) is 2.59. The number of amides is 1. The van der Waals surface area contributed by atoms with Crippen molar-refractivity contribution in [3.8, 4) is 5.75 Å². The number of rotatable bonds is 4. The molecular weight excluding hydrogens is 252 g/mol. The minimum Gasteiger partial charge on any atom is -0.492 e. The predicted octanol–water partition coefficient (Wildman–Crippen LogP) is 2.04. The molecule has 4 nitrogen and oxygen atoms in total. The van der Waals surface area contributed by atoms with Crippen LogP contribution in [0.2, 0.25) is 0 Å². The molecule has 0 radical (unpaired) electrons. The minimum absolute atomic E-state index is 0.000640. The van der Waals surface area contributed by atoms with E-state index in [4.69, 9.17) is 10.5 Å². The molecule has 1 aromatic carbocycles. The van der Waals surface area contributed by atoms with Gasteiger partial charge in [-0.1, -0.05) is 39.0 Å². The number of para-hydroxylation sites is 1. The summed E-state index contributed by atoms with van der Waals surface area (Å²) in [4.78, 5) is 12.2. The molecule has 1 aliphatic heterocycles. The number of benzene rings is 1. The van der Waals surface area contributed by atoms with Gasteiger partial charge in [0.05, 0.1) is 0 Å². The first-order valence-electron chi connectivity index (χ1n) is 7.12. The first-order valence-corrected chi connectivity index (χ1v) is 7.12. The van der Waals surface area contributed by atoms with Gasteiger partial charge in [-0.15, -0.1) is 0 Å². The highest BCUT2D eigenvalue weighted by Crippen LogP contribution is 2.33. The maximum atomic E-state index is 12.2. The van der Waals surface area contributed by atoms with Crippen molar-refractivity contribution in [3.05, 3.63) is 29.8 Å². The lowest BCUT2D eigenvalue weighted by Gasteiger charge is -2.23. The van der Waals surface area contributed by atoms with Gasteiger partial charge < -0.3 is 15.8 Å². The van der Waals surface area contributed by atoms with Crippen molar-refractivity contribution in [1.29, 1.82) is 0 Å². The summed E-state index contributed by atoms with van der Waals surface area (Å²) in [5.41, 5.74) is 7.20. The number of nitrogens with two attached hydrogens (primary N) is 1. The van der Waals surface area contributed by atoms with Crippen molar-refractivity contribution in [2.75, 3.05) is 13.2 Å². The van der Waals surface area contributed by atoms with Crippen LogP contribution in [0.3, 0.4) is 0 Å². The van der Waals surface area contributed by atoms with Gasteiger partial charge >= 0.3 is 0 Å². The third-order valence-corrected chi connectivity index (χ3v) is 3.43. The van der Waals surface area contributed by atoms with E-state index in [2.05, 4.69) is 26.1 Å². The molecule has 0 spiro atoms. The summed E-state index contributed by atoms with van der Waals surface area (Å²) in [5.74, 6) is 0.596. The van der Waals surface area contributed by atoms with Gasteiger partial charge in [-0.2, -0.15) is 0 Å². The van der Waals surface area contributed by atoms with E-state index in [1.54, 1.807) is 0 Å². The van der Waals surface area contributed by atoms with Gasteiger partial charge in [0.15, 0.2) is 0 Å². The van der Waals surface area contributed by atoms with E-state index in [9.17, 15) is 4.79 Å². The molecule has 20 heavy (non-hydrogen) atoms. The van der Waals surface area contributed by atoms with Crippen LogP contribution in [0.4, 0.5) is 0 Å². The van der Waals surface area contributed by atoms with E-state index >= 15 is 0 Å². The van der Waals surface area contributed by atoms with Crippen LogP contribution in [-0.4, -0.2) is 25.1 Å². The van der Waals surface area contributed by atoms with E-state index in [1.807, 2.05) is 24.3 Å². The molecule has 0 fully saturated rings. The second-order valence-corrected chi connectivity index (χ2v) is 6.67. The monoisotopic (exact) mass is 276 g/mol. The summed E-state index contributed by atoms with van der Waals surface area (Å²) in [6.07, 6.45) is 0.880. The third-order valence-electron chi connectivity index (χ3n) is 3.43. The zero-order chi connectivity index (χ0) is 14.8. The molecule has 2 rings (SSSR count). The Morgan fingerprint density at radius 3 is 2.85 bits per heavy atom. The number of hydrogen-bond acceptors (Lipinski definition) is 3. The average Bonchev–Trinajstić information content (AvgIpc) is 2.78. The van der Waals surface area contributed by atoms with Crippen molar-refractivity contribution < 1.29 is 9.53 Å². The predicted molar refractivity (Wildman–Crippen MR) is 79.7 cm³/mol.